The summed E-state index contributed by atoms with van der Waals surface area (Å²) in [6.45, 7) is 15.0. The van der Waals surface area contributed by atoms with Crippen molar-refractivity contribution in [3.05, 3.63) is 360 Å². The van der Waals surface area contributed by atoms with Crippen LogP contribution in [0, 0.1) is 40.6 Å². The Hall–Kier alpha value is -10.6. The minimum atomic E-state index is -0.888. The third-order valence-corrected chi connectivity index (χ3v) is 18.6. The fraction of sp³-hybridized carbons (Fsp3) is 0.230. The predicted molar refractivity (Wildman–Crippen MR) is 475 cm³/mol. The number of ether oxygens (including phenoxy) is 3. The third kappa shape index (κ3) is 36.5. The lowest BCUT2D eigenvalue weighted by atomic mass is 10.0. The first-order valence-electron chi connectivity index (χ1n) is 38.3. The Morgan fingerprint density at radius 1 is 0.465 bits per heavy atom. The Morgan fingerprint density at radius 3 is 1.30 bits per heavy atom. The molecule has 4 aliphatic carbocycles. The fourth-order valence-electron chi connectivity index (χ4n) is 10.5. The molecule has 0 radical (unpaired) electrons. The number of ketones is 4. The highest BCUT2D eigenvalue weighted by Gasteiger charge is 2.56. The van der Waals surface area contributed by atoms with Crippen LogP contribution in [-0.2, 0) is 35.1 Å². The van der Waals surface area contributed by atoms with E-state index in [0.29, 0.717) is 46.0 Å². The number of hydrogen-bond donors (Lipinski definition) is 0. The normalized spacial score (nSPS) is 13.8. The van der Waals surface area contributed by atoms with E-state index < -0.39 is 11.2 Å². The molecule has 9 aromatic rings. The molecule has 0 unspecified atom stereocenters. The maximum atomic E-state index is 13.3. The van der Waals surface area contributed by atoms with E-state index in [4.69, 9.17) is 25.8 Å². The summed E-state index contributed by atoms with van der Waals surface area (Å²) in [4.78, 5) is 57.9. The fourth-order valence-corrected chi connectivity index (χ4v) is 11.3. The van der Waals surface area contributed by atoms with Crippen LogP contribution in [0.3, 0.4) is 0 Å². The minimum absolute atomic E-state index is 0.0874. The van der Waals surface area contributed by atoms with Gasteiger partial charge in [-0.2, -0.15) is 0 Å². The topological polar surface area (TPSA) is 113 Å². The third-order valence-electron chi connectivity index (χ3n) is 17.3. The molecule has 9 aromatic carbocycles. The molecule has 1 aliphatic heterocycles. The predicted octanol–water partition coefficient (Wildman–Crippen LogP) is 27.2. The second-order valence-corrected chi connectivity index (χ2v) is 29.4. The van der Waals surface area contributed by atoms with Crippen LogP contribution in [-0.4, -0.2) is 49.4 Å². The lowest BCUT2D eigenvalue weighted by Crippen LogP contribution is -2.26. The number of carbonyl (C=O) groups excluding carboxylic acids is 5. The number of halogens is 6. The summed E-state index contributed by atoms with van der Waals surface area (Å²) < 4.78 is 56.1. The molecule has 8 nitrogen and oxygen atoms in total. The zero-order chi connectivity index (χ0) is 82.5. The van der Waals surface area contributed by atoms with E-state index in [-0.39, 0.29) is 52.6 Å². The first-order chi connectivity index (χ1) is 55.1. The van der Waals surface area contributed by atoms with Crippen LogP contribution >= 0.6 is 43.5 Å². The number of carbonyl (C=O) groups is 5. The highest BCUT2D eigenvalue weighted by Crippen LogP contribution is 2.48. The second-order valence-electron chi connectivity index (χ2n) is 27.2. The average molecular weight is 1680 g/mol. The number of fused-ring (bicyclic) bond motifs is 1. The molecule has 4 fully saturated rings. The molecule has 0 amide bonds. The maximum Gasteiger partial charge on any atom is 0.319 e. The van der Waals surface area contributed by atoms with Crippen LogP contribution in [0.4, 0.5) is 13.2 Å². The van der Waals surface area contributed by atoms with Gasteiger partial charge in [0.2, 0.25) is 0 Å². The second kappa shape index (κ2) is 51.2. The summed E-state index contributed by atoms with van der Waals surface area (Å²) >= 11 is 12.2. The van der Waals surface area contributed by atoms with Gasteiger partial charge in [-0.15, -0.1) is 0 Å². The van der Waals surface area contributed by atoms with Crippen molar-refractivity contribution in [2.75, 3.05) is 20.3 Å². The molecule has 0 bridgehead atoms. The van der Waals surface area contributed by atoms with E-state index in [1.54, 1.807) is 68.7 Å². The van der Waals surface area contributed by atoms with Crippen molar-refractivity contribution in [2.24, 2.45) is 23.2 Å². The van der Waals surface area contributed by atoms with Gasteiger partial charge in [-0.3, -0.25) is 24.0 Å². The summed E-state index contributed by atoms with van der Waals surface area (Å²) in [7, 11) is 1.67. The van der Waals surface area contributed by atoms with Gasteiger partial charge in [0.05, 0.1) is 20.3 Å². The number of benzene rings is 9. The Kier molecular flexibility index (Phi) is 41.5. The standard InChI is InChI=1S/C15H16O3.C14H14O2.C12H10BrFO.C12H10ClFO.C10H12O.C10H12.C9H9Br.C9H9F.C9H10/c1-2-18-14(17)15(10-11-15)13(16)9-8-12-6-4-3-5-7-12;15-13(11-3-4-11)5-1-10-2-6-14-12(9-10)7-8-16-14;2*13-10-5-3-8(11(14)7-10)4-6-12(15)9-1-2-9;1-3-4-9-5-7-10(11-2)8-6-9;1-9(2)8-10-6-4-3-5-7-10;2*1-2-3-8-4-6-9(10)7-5-8;1-2-6-9-7-4-3-5-8-9/h3-9H,2,10-11H2,1H3;1-2,5-6,9,11H,3-4,7-8H2;2*3-7,9H,1-2H2;3-8H,1-2H3;3-8H,1-2H3;2*2-7H,1H3;2-8H,1H3/b9-8+;5-1+;2*6-4+;4-3+;;2*3-2+;6-2+. The molecular weight excluding hydrogens is 1580 g/mol. The highest BCUT2D eigenvalue weighted by atomic mass is 79.9. The Bertz CT molecular complexity index is 4620. The quantitative estimate of drug-likeness (QED) is 0.0421. The maximum absolute atomic E-state index is 13.3. The summed E-state index contributed by atoms with van der Waals surface area (Å²) in [5.74, 6) is 1.62. The smallest absolute Gasteiger partial charge is 0.319 e. The van der Waals surface area contributed by atoms with Gasteiger partial charge in [-0.25, -0.2) is 13.2 Å². The van der Waals surface area contributed by atoms with Crippen LogP contribution in [0.5, 0.6) is 11.5 Å². The summed E-state index contributed by atoms with van der Waals surface area (Å²) in [5.41, 5.74) is 10.6. The van der Waals surface area contributed by atoms with Crippen LogP contribution in [0.25, 0.3) is 54.7 Å². The Morgan fingerprint density at radius 2 is 0.868 bits per heavy atom. The molecule has 114 heavy (non-hydrogen) atoms. The molecule has 592 valence electrons. The average Bonchev–Trinajstić information content (AvgIpc) is 1.61. The van der Waals surface area contributed by atoms with Crippen molar-refractivity contribution in [2.45, 2.75) is 106 Å². The molecule has 0 spiro atoms. The Labute approximate surface area is 694 Å². The van der Waals surface area contributed by atoms with Gasteiger partial charge in [0, 0.05) is 49.3 Å². The molecule has 0 saturated heterocycles. The molecular formula is C100H102Br2ClF3O8. The van der Waals surface area contributed by atoms with Crippen molar-refractivity contribution in [3.63, 3.8) is 0 Å². The van der Waals surface area contributed by atoms with Gasteiger partial charge in [-0.05, 0) is 254 Å². The number of hydrogen-bond acceptors (Lipinski definition) is 8. The number of allylic oxidation sites excluding steroid dienone is 9. The first kappa shape index (κ1) is 92.3. The molecule has 1 heterocycles. The van der Waals surface area contributed by atoms with Crippen LogP contribution in [0.2, 0.25) is 5.02 Å². The number of methoxy groups -OCH3 is 1. The van der Waals surface area contributed by atoms with E-state index in [1.807, 2.05) is 167 Å². The van der Waals surface area contributed by atoms with Gasteiger partial charge >= 0.3 is 5.97 Å². The number of rotatable bonds is 20. The van der Waals surface area contributed by atoms with Crippen LogP contribution in [0.15, 0.2) is 282 Å². The summed E-state index contributed by atoms with van der Waals surface area (Å²) in [5, 5.41) is 0.359. The van der Waals surface area contributed by atoms with Crippen molar-refractivity contribution in [3.8, 4) is 11.5 Å². The van der Waals surface area contributed by atoms with E-state index in [1.165, 1.54) is 82.0 Å². The van der Waals surface area contributed by atoms with Gasteiger partial charge in [0.15, 0.2) is 23.1 Å². The zero-order valence-corrected chi connectivity index (χ0v) is 70.1. The van der Waals surface area contributed by atoms with E-state index in [2.05, 4.69) is 125 Å². The first-order valence-corrected chi connectivity index (χ1v) is 40.2. The largest absolute Gasteiger partial charge is 0.497 e. The minimum Gasteiger partial charge on any atom is -0.497 e. The molecule has 14 heteroatoms. The van der Waals surface area contributed by atoms with Gasteiger partial charge in [0.1, 0.15) is 34.4 Å². The van der Waals surface area contributed by atoms with E-state index in [9.17, 15) is 37.1 Å². The van der Waals surface area contributed by atoms with Gasteiger partial charge in [0.25, 0.3) is 0 Å². The Balaban J connectivity index is 0.000000202. The van der Waals surface area contributed by atoms with Gasteiger partial charge in [-0.1, -0.05) is 261 Å². The van der Waals surface area contributed by atoms with Crippen molar-refractivity contribution < 1.29 is 51.4 Å². The summed E-state index contributed by atoms with van der Waals surface area (Å²) in [6, 6.07) is 68.0. The van der Waals surface area contributed by atoms with Crippen LogP contribution < -0.4 is 9.47 Å². The van der Waals surface area contributed by atoms with Crippen molar-refractivity contribution >= 4 is 127 Å². The highest BCUT2D eigenvalue weighted by molar-refractivity contribution is 9.10. The summed E-state index contributed by atoms with van der Waals surface area (Å²) in [6.07, 6.45) is 39.4. The molecule has 5 aliphatic rings. The van der Waals surface area contributed by atoms with Crippen molar-refractivity contribution in [1.29, 1.82) is 0 Å². The van der Waals surface area contributed by atoms with Gasteiger partial charge < -0.3 is 14.2 Å². The van der Waals surface area contributed by atoms with Crippen LogP contribution in [0.1, 0.15) is 155 Å². The van der Waals surface area contributed by atoms with E-state index in [0.717, 1.165) is 84.2 Å². The molecule has 0 atom stereocenters. The van der Waals surface area contributed by atoms with Crippen molar-refractivity contribution in [1.82, 2.24) is 0 Å². The van der Waals surface area contributed by atoms with E-state index >= 15 is 0 Å². The lowest BCUT2D eigenvalue weighted by Gasteiger charge is -2.09. The number of esters is 1. The molecule has 14 rings (SSSR count). The SMILES string of the molecule is C/C=C/c1ccc(Br)cc1.C/C=C/c1ccc(F)cc1.C/C=C/c1ccc(OC)cc1.C/C=C/c1ccccc1.CC(C)=Cc1ccccc1.CCOC(=O)C1(C(=O)/C=C/c2ccccc2)CC1.O=C(/C=C/c1ccc(Br)cc1F)C1CC1.O=C(/C=C/c1ccc(Cl)cc1F)C1CC1.O=C(/C=C/c1ccc2c(c1)CCO2)C1CC1. The monoisotopic (exact) mass is 1680 g/mol. The molecule has 0 aromatic heterocycles. The molecule has 0 N–H and O–H groups in total. The lowest BCUT2D eigenvalue weighted by molar-refractivity contribution is -0.152. The molecule has 4 saturated carbocycles. The zero-order valence-electron chi connectivity index (χ0n) is 66.1.